The number of halogens is 1. The first-order valence-corrected chi connectivity index (χ1v) is 6.39. The Hall–Kier alpha value is -2.13. The first kappa shape index (κ1) is 11.9. The third-order valence-electron chi connectivity index (χ3n) is 2.97. The van der Waals surface area contributed by atoms with Crippen LogP contribution in [0.1, 0.15) is 5.56 Å². The summed E-state index contributed by atoms with van der Waals surface area (Å²) in [7, 11) is 0. The standard InChI is InChI=1S/C15H12ClN3/c16-14-8-15(19-10-18-14)17-9-12-6-3-5-11-4-1-2-7-13(11)12/h1-8,10H,9H2,(H,17,18,19). The van der Waals surface area contributed by atoms with E-state index in [9.17, 15) is 0 Å². The van der Waals surface area contributed by atoms with Crippen LogP contribution in [0.4, 0.5) is 5.82 Å². The van der Waals surface area contributed by atoms with Gasteiger partial charge in [-0.2, -0.15) is 0 Å². The molecule has 0 aliphatic rings. The molecule has 0 saturated carbocycles. The quantitative estimate of drug-likeness (QED) is 0.733. The molecule has 0 bridgehead atoms. The summed E-state index contributed by atoms with van der Waals surface area (Å²) in [5, 5.41) is 6.18. The highest BCUT2D eigenvalue weighted by Crippen LogP contribution is 2.19. The molecule has 19 heavy (non-hydrogen) atoms. The van der Waals surface area contributed by atoms with E-state index < -0.39 is 0 Å². The van der Waals surface area contributed by atoms with Gasteiger partial charge >= 0.3 is 0 Å². The maximum absolute atomic E-state index is 5.83. The number of rotatable bonds is 3. The van der Waals surface area contributed by atoms with Crippen LogP contribution in [-0.2, 0) is 6.54 Å². The highest BCUT2D eigenvalue weighted by Gasteiger charge is 2.01. The fourth-order valence-corrected chi connectivity index (χ4v) is 2.21. The SMILES string of the molecule is Clc1cc(NCc2cccc3ccccc23)ncn1. The Bertz CT molecular complexity index is 707. The molecule has 0 aliphatic carbocycles. The van der Waals surface area contributed by atoms with Gasteiger partial charge in [0.1, 0.15) is 17.3 Å². The maximum Gasteiger partial charge on any atom is 0.134 e. The van der Waals surface area contributed by atoms with Crippen LogP contribution in [0.15, 0.2) is 54.9 Å². The van der Waals surface area contributed by atoms with Crippen LogP contribution in [-0.4, -0.2) is 9.97 Å². The Labute approximate surface area is 116 Å². The Morgan fingerprint density at radius 3 is 2.74 bits per heavy atom. The van der Waals surface area contributed by atoms with Gasteiger partial charge in [-0.05, 0) is 16.3 Å². The van der Waals surface area contributed by atoms with Crippen molar-refractivity contribution in [3.05, 3.63) is 65.6 Å². The fraction of sp³-hybridized carbons (Fsp3) is 0.0667. The molecule has 3 rings (SSSR count). The molecule has 4 heteroatoms. The van der Waals surface area contributed by atoms with Crippen molar-refractivity contribution in [3.8, 4) is 0 Å². The number of hydrogen-bond donors (Lipinski definition) is 1. The van der Waals surface area contributed by atoms with Crippen LogP contribution in [0.3, 0.4) is 0 Å². The van der Waals surface area contributed by atoms with Gasteiger partial charge in [-0.15, -0.1) is 0 Å². The largest absolute Gasteiger partial charge is 0.366 e. The van der Waals surface area contributed by atoms with Crippen LogP contribution in [0.2, 0.25) is 5.15 Å². The molecule has 0 amide bonds. The van der Waals surface area contributed by atoms with E-state index in [1.807, 2.05) is 12.1 Å². The topological polar surface area (TPSA) is 37.8 Å². The number of nitrogens with zero attached hydrogens (tertiary/aromatic N) is 2. The molecule has 0 aliphatic heterocycles. The van der Waals surface area contributed by atoms with Gasteiger partial charge in [-0.1, -0.05) is 54.1 Å². The molecule has 0 unspecified atom stereocenters. The summed E-state index contributed by atoms with van der Waals surface area (Å²) >= 11 is 5.83. The van der Waals surface area contributed by atoms with Crippen LogP contribution >= 0.6 is 11.6 Å². The average molecular weight is 270 g/mol. The summed E-state index contributed by atoms with van der Waals surface area (Å²) in [5.41, 5.74) is 1.23. The average Bonchev–Trinajstić information content (AvgIpc) is 2.45. The second-order valence-electron chi connectivity index (χ2n) is 4.22. The Kier molecular flexibility index (Phi) is 3.29. The third kappa shape index (κ3) is 2.66. The second kappa shape index (κ2) is 5.24. The lowest BCUT2D eigenvalue weighted by molar-refractivity contribution is 1.09. The second-order valence-corrected chi connectivity index (χ2v) is 4.61. The number of fused-ring (bicyclic) bond motifs is 1. The predicted octanol–water partition coefficient (Wildman–Crippen LogP) is 3.90. The molecule has 94 valence electrons. The van der Waals surface area contributed by atoms with E-state index >= 15 is 0 Å². The fourth-order valence-electron chi connectivity index (χ4n) is 2.06. The summed E-state index contributed by atoms with van der Waals surface area (Å²) in [6, 6.07) is 16.3. The lowest BCUT2D eigenvalue weighted by Gasteiger charge is -2.08. The normalized spacial score (nSPS) is 10.6. The first-order valence-electron chi connectivity index (χ1n) is 6.01. The van der Waals surface area contributed by atoms with Gasteiger partial charge in [0.05, 0.1) is 0 Å². The minimum atomic E-state index is 0.440. The summed E-state index contributed by atoms with van der Waals surface area (Å²) in [4.78, 5) is 7.99. The van der Waals surface area contributed by atoms with Crippen molar-refractivity contribution in [1.29, 1.82) is 0 Å². The number of anilines is 1. The first-order chi connectivity index (χ1) is 9.33. The Morgan fingerprint density at radius 1 is 1.00 bits per heavy atom. The Balaban J connectivity index is 1.86. The van der Waals surface area contributed by atoms with E-state index in [4.69, 9.17) is 11.6 Å². The number of hydrogen-bond acceptors (Lipinski definition) is 3. The molecule has 0 saturated heterocycles. The summed E-state index contributed by atoms with van der Waals surface area (Å²) < 4.78 is 0. The van der Waals surface area contributed by atoms with Gasteiger partial charge < -0.3 is 5.32 Å². The highest BCUT2D eigenvalue weighted by molar-refractivity contribution is 6.29. The molecular formula is C15H12ClN3. The van der Waals surface area contributed by atoms with Crippen molar-refractivity contribution < 1.29 is 0 Å². The molecule has 1 heterocycles. The zero-order valence-electron chi connectivity index (χ0n) is 10.2. The minimum Gasteiger partial charge on any atom is -0.366 e. The van der Waals surface area contributed by atoms with Gasteiger partial charge in [-0.3, -0.25) is 0 Å². The molecular weight excluding hydrogens is 258 g/mol. The van der Waals surface area contributed by atoms with E-state index in [1.54, 1.807) is 6.07 Å². The van der Waals surface area contributed by atoms with Gasteiger partial charge in [0.15, 0.2) is 0 Å². The molecule has 0 atom stereocenters. The highest BCUT2D eigenvalue weighted by atomic mass is 35.5. The summed E-state index contributed by atoms with van der Waals surface area (Å²) in [5.74, 6) is 0.730. The molecule has 1 aromatic heterocycles. The van der Waals surface area contributed by atoms with Crippen LogP contribution < -0.4 is 5.32 Å². The van der Waals surface area contributed by atoms with Crippen molar-refractivity contribution in [1.82, 2.24) is 9.97 Å². The number of nitrogens with one attached hydrogen (secondary N) is 1. The zero-order chi connectivity index (χ0) is 13.1. The molecule has 3 nitrogen and oxygen atoms in total. The van der Waals surface area contributed by atoms with E-state index in [0.717, 1.165) is 5.82 Å². The van der Waals surface area contributed by atoms with Gasteiger partial charge in [0, 0.05) is 12.6 Å². The predicted molar refractivity (Wildman–Crippen MR) is 78.3 cm³/mol. The molecule has 2 aromatic carbocycles. The molecule has 1 N–H and O–H groups in total. The smallest absolute Gasteiger partial charge is 0.134 e. The van der Waals surface area contributed by atoms with E-state index in [-0.39, 0.29) is 0 Å². The van der Waals surface area contributed by atoms with Crippen LogP contribution in [0, 0.1) is 0 Å². The third-order valence-corrected chi connectivity index (χ3v) is 3.18. The Morgan fingerprint density at radius 2 is 1.84 bits per heavy atom. The van der Waals surface area contributed by atoms with Crippen molar-refractivity contribution in [2.45, 2.75) is 6.54 Å². The number of benzene rings is 2. The van der Waals surface area contributed by atoms with Gasteiger partial charge in [0.2, 0.25) is 0 Å². The van der Waals surface area contributed by atoms with Crippen molar-refractivity contribution in [2.75, 3.05) is 5.32 Å². The monoisotopic (exact) mass is 269 g/mol. The summed E-state index contributed by atoms with van der Waals surface area (Å²) in [6.07, 6.45) is 1.45. The van der Waals surface area contributed by atoms with Crippen LogP contribution in [0.25, 0.3) is 10.8 Å². The zero-order valence-corrected chi connectivity index (χ0v) is 10.9. The lowest BCUT2D eigenvalue weighted by Crippen LogP contribution is -2.02. The number of aromatic nitrogens is 2. The molecule has 0 fully saturated rings. The van der Waals surface area contributed by atoms with E-state index in [0.29, 0.717) is 11.7 Å². The van der Waals surface area contributed by atoms with E-state index in [2.05, 4.69) is 45.6 Å². The van der Waals surface area contributed by atoms with Gasteiger partial charge in [0.25, 0.3) is 0 Å². The lowest BCUT2D eigenvalue weighted by atomic mass is 10.0. The van der Waals surface area contributed by atoms with E-state index in [1.165, 1.54) is 22.7 Å². The molecule has 3 aromatic rings. The van der Waals surface area contributed by atoms with Crippen molar-refractivity contribution in [3.63, 3.8) is 0 Å². The minimum absolute atomic E-state index is 0.440. The molecule has 0 spiro atoms. The van der Waals surface area contributed by atoms with Crippen molar-refractivity contribution >= 4 is 28.2 Å². The van der Waals surface area contributed by atoms with Gasteiger partial charge in [-0.25, -0.2) is 9.97 Å². The summed E-state index contributed by atoms with van der Waals surface area (Å²) in [6.45, 7) is 0.703. The molecule has 0 radical (unpaired) electrons. The van der Waals surface area contributed by atoms with Crippen LogP contribution in [0.5, 0.6) is 0 Å². The maximum atomic E-state index is 5.83. The van der Waals surface area contributed by atoms with Crippen molar-refractivity contribution in [2.24, 2.45) is 0 Å².